The maximum atomic E-state index is 9.33. The summed E-state index contributed by atoms with van der Waals surface area (Å²) < 4.78 is 5.87. The highest BCUT2D eigenvalue weighted by atomic mass is 16.4. The lowest BCUT2D eigenvalue weighted by molar-refractivity contribution is 0.509. The first-order valence-corrected chi connectivity index (χ1v) is 8.04. The molecule has 1 aliphatic rings. The van der Waals surface area contributed by atoms with Crippen LogP contribution in [0.25, 0.3) is 0 Å². The summed E-state index contributed by atoms with van der Waals surface area (Å²) in [4.78, 5) is 4.39. The van der Waals surface area contributed by atoms with Gasteiger partial charge in [0.1, 0.15) is 6.07 Å². The van der Waals surface area contributed by atoms with Crippen LogP contribution in [0.3, 0.4) is 0 Å². The van der Waals surface area contributed by atoms with Gasteiger partial charge in [-0.2, -0.15) is 5.26 Å². The molecular formula is C20H17N3O. The average Bonchev–Trinajstić information content (AvgIpc) is 3.32. The Balaban J connectivity index is 1.55. The van der Waals surface area contributed by atoms with E-state index >= 15 is 0 Å². The average molecular weight is 315 g/mol. The molecule has 118 valence electrons. The van der Waals surface area contributed by atoms with E-state index in [1.165, 1.54) is 11.1 Å². The Morgan fingerprint density at radius 2 is 1.83 bits per heavy atom. The summed E-state index contributed by atoms with van der Waals surface area (Å²) in [5.41, 5.74) is 3.68. The molecule has 1 N–H and O–H groups in total. The van der Waals surface area contributed by atoms with Crippen LogP contribution in [0.2, 0.25) is 0 Å². The summed E-state index contributed by atoms with van der Waals surface area (Å²) in [5.74, 6) is 1.77. The number of aromatic nitrogens is 1. The van der Waals surface area contributed by atoms with E-state index < -0.39 is 0 Å². The van der Waals surface area contributed by atoms with Crippen molar-refractivity contribution >= 4 is 11.6 Å². The molecule has 2 atom stereocenters. The Kier molecular flexibility index (Phi) is 3.55. The predicted octanol–water partition coefficient (Wildman–Crippen LogP) is 4.87. The van der Waals surface area contributed by atoms with Gasteiger partial charge in [-0.15, -0.1) is 0 Å². The minimum Gasteiger partial charge on any atom is -0.423 e. The van der Waals surface area contributed by atoms with Crippen LogP contribution in [0.5, 0.6) is 0 Å². The molecule has 4 nitrogen and oxygen atoms in total. The Morgan fingerprint density at radius 3 is 2.54 bits per heavy atom. The van der Waals surface area contributed by atoms with Crippen molar-refractivity contribution in [1.82, 2.24) is 4.98 Å². The topological polar surface area (TPSA) is 61.9 Å². The first kappa shape index (κ1) is 14.5. The number of benzene rings is 2. The first-order chi connectivity index (χ1) is 11.7. The second-order valence-electron chi connectivity index (χ2n) is 6.19. The summed E-state index contributed by atoms with van der Waals surface area (Å²) in [6, 6.07) is 20.4. The molecule has 3 aromatic rings. The molecule has 1 aliphatic carbocycles. The van der Waals surface area contributed by atoms with Gasteiger partial charge in [0.25, 0.3) is 0 Å². The van der Waals surface area contributed by atoms with E-state index in [-0.39, 0.29) is 5.92 Å². The lowest BCUT2D eigenvalue weighted by Gasteiger charge is -2.03. The zero-order valence-electron chi connectivity index (χ0n) is 13.4. The van der Waals surface area contributed by atoms with Gasteiger partial charge in [-0.1, -0.05) is 48.0 Å². The van der Waals surface area contributed by atoms with E-state index in [1.54, 1.807) is 0 Å². The van der Waals surface area contributed by atoms with Crippen molar-refractivity contribution in [2.24, 2.45) is 0 Å². The summed E-state index contributed by atoms with van der Waals surface area (Å²) in [6.45, 7) is 2.04. The number of hydrogen-bond acceptors (Lipinski definition) is 4. The standard InChI is InChI=1S/C20H17N3O/c1-13-7-9-15(10-8-13)22-20-18(12-21)23-19(24-20)17-11-16(17)14-5-3-2-4-6-14/h2-10,16-17,22H,11H2,1H3/t16-,17-/m1/s1. The highest BCUT2D eigenvalue weighted by Crippen LogP contribution is 2.54. The number of rotatable bonds is 4. The van der Waals surface area contributed by atoms with Crippen LogP contribution in [0.15, 0.2) is 59.0 Å². The predicted molar refractivity (Wildman–Crippen MR) is 92.2 cm³/mol. The van der Waals surface area contributed by atoms with Gasteiger partial charge in [-0.05, 0) is 37.0 Å². The number of nitrogens with zero attached hydrogens (tertiary/aromatic N) is 2. The molecule has 4 rings (SSSR count). The van der Waals surface area contributed by atoms with Gasteiger partial charge in [0.15, 0.2) is 0 Å². The van der Waals surface area contributed by atoms with E-state index in [0.717, 1.165) is 12.1 Å². The van der Waals surface area contributed by atoms with Crippen LogP contribution < -0.4 is 5.32 Å². The van der Waals surface area contributed by atoms with Crippen molar-refractivity contribution in [2.45, 2.75) is 25.2 Å². The Hall–Kier alpha value is -3.06. The minimum absolute atomic E-state index is 0.257. The van der Waals surface area contributed by atoms with E-state index in [2.05, 4.69) is 28.5 Å². The molecule has 0 aliphatic heterocycles. The Morgan fingerprint density at radius 1 is 1.08 bits per heavy atom. The lowest BCUT2D eigenvalue weighted by Crippen LogP contribution is -1.90. The van der Waals surface area contributed by atoms with Gasteiger partial charge >= 0.3 is 0 Å². The van der Waals surface area contributed by atoms with Gasteiger partial charge in [0, 0.05) is 11.6 Å². The molecule has 1 fully saturated rings. The quantitative estimate of drug-likeness (QED) is 0.746. The Bertz CT molecular complexity index is 891. The fraction of sp³-hybridized carbons (Fsp3) is 0.200. The second-order valence-corrected chi connectivity index (χ2v) is 6.19. The van der Waals surface area contributed by atoms with Gasteiger partial charge in [-0.3, -0.25) is 0 Å². The molecule has 0 spiro atoms. The van der Waals surface area contributed by atoms with Crippen LogP contribution >= 0.6 is 0 Å². The fourth-order valence-corrected chi connectivity index (χ4v) is 2.96. The normalized spacial score (nSPS) is 18.8. The lowest BCUT2D eigenvalue weighted by atomic mass is 10.1. The fourth-order valence-electron chi connectivity index (χ4n) is 2.96. The highest BCUT2D eigenvalue weighted by Gasteiger charge is 2.43. The van der Waals surface area contributed by atoms with Crippen molar-refractivity contribution in [3.8, 4) is 6.07 Å². The molecule has 1 aromatic heterocycles. The highest BCUT2D eigenvalue weighted by molar-refractivity contribution is 5.59. The third-order valence-corrected chi connectivity index (χ3v) is 4.39. The van der Waals surface area contributed by atoms with Crippen LogP contribution in [-0.2, 0) is 0 Å². The number of hydrogen-bond donors (Lipinski definition) is 1. The summed E-state index contributed by atoms with van der Waals surface area (Å²) in [5, 5.41) is 12.5. The molecule has 0 amide bonds. The van der Waals surface area contributed by atoms with Crippen LogP contribution in [-0.4, -0.2) is 4.98 Å². The number of aryl methyl sites for hydroxylation is 1. The monoisotopic (exact) mass is 315 g/mol. The summed E-state index contributed by atoms with van der Waals surface area (Å²) >= 11 is 0. The molecule has 1 heterocycles. The zero-order valence-corrected chi connectivity index (χ0v) is 13.4. The smallest absolute Gasteiger partial charge is 0.236 e. The van der Waals surface area contributed by atoms with Crippen molar-refractivity contribution < 1.29 is 4.42 Å². The molecule has 1 saturated carbocycles. The summed E-state index contributed by atoms with van der Waals surface area (Å²) in [7, 11) is 0. The van der Waals surface area contributed by atoms with E-state index in [0.29, 0.717) is 23.4 Å². The van der Waals surface area contributed by atoms with Crippen molar-refractivity contribution in [2.75, 3.05) is 5.32 Å². The molecule has 0 radical (unpaired) electrons. The van der Waals surface area contributed by atoms with Gasteiger partial charge in [0.2, 0.25) is 17.5 Å². The summed E-state index contributed by atoms with van der Waals surface area (Å²) in [6.07, 6.45) is 1.01. The molecule has 24 heavy (non-hydrogen) atoms. The van der Waals surface area contributed by atoms with E-state index in [1.807, 2.05) is 49.4 Å². The first-order valence-electron chi connectivity index (χ1n) is 8.04. The van der Waals surface area contributed by atoms with E-state index in [4.69, 9.17) is 4.42 Å². The van der Waals surface area contributed by atoms with Crippen LogP contribution in [0.4, 0.5) is 11.6 Å². The van der Waals surface area contributed by atoms with Gasteiger partial charge in [-0.25, -0.2) is 4.98 Å². The van der Waals surface area contributed by atoms with Crippen LogP contribution in [0.1, 0.15) is 41.0 Å². The van der Waals surface area contributed by atoms with E-state index in [9.17, 15) is 5.26 Å². The third-order valence-electron chi connectivity index (χ3n) is 4.39. The minimum atomic E-state index is 0.257. The molecular weight excluding hydrogens is 298 g/mol. The number of oxazole rings is 1. The number of anilines is 2. The molecule has 2 aromatic carbocycles. The van der Waals surface area contributed by atoms with Gasteiger partial charge < -0.3 is 9.73 Å². The maximum Gasteiger partial charge on any atom is 0.236 e. The largest absolute Gasteiger partial charge is 0.423 e. The number of nitrogens with one attached hydrogen (secondary N) is 1. The molecule has 0 saturated heterocycles. The molecule has 0 bridgehead atoms. The second kappa shape index (κ2) is 5.86. The third kappa shape index (κ3) is 2.77. The van der Waals surface area contributed by atoms with Crippen molar-refractivity contribution in [3.63, 3.8) is 0 Å². The molecule has 0 unspecified atom stereocenters. The Labute approximate surface area is 140 Å². The van der Waals surface area contributed by atoms with Crippen LogP contribution in [0, 0.1) is 18.3 Å². The van der Waals surface area contributed by atoms with Crippen molar-refractivity contribution in [1.29, 1.82) is 5.26 Å². The zero-order chi connectivity index (χ0) is 16.5. The number of nitriles is 1. The SMILES string of the molecule is Cc1ccc(Nc2oc([C@@H]3C[C@@H]3c3ccccc3)nc2C#N)cc1. The van der Waals surface area contributed by atoms with Crippen molar-refractivity contribution in [3.05, 3.63) is 77.3 Å². The maximum absolute atomic E-state index is 9.33. The molecule has 4 heteroatoms. The van der Waals surface area contributed by atoms with Gasteiger partial charge in [0.05, 0.1) is 0 Å².